The van der Waals surface area contributed by atoms with E-state index in [1.165, 1.54) is 15.5 Å². The number of furan rings is 1. The number of ether oxygens (including phenoxy) is 1. The molecule has 0 amide bonds. The van der Waals surface area contributed by atoms with Gasteiger partial charge in [-0.1, -0.05) is 12.1 Å². The fourth-order valence-electron chi connectivity index (χ4n) is 3.12. The fraction of sp³-hybridized carbons (Fsp3) is 0.263. The first-order chi connectivity index (χ1) is 13.5. The molecule has 0 saturated carbocycles. The Bertz CT molecular complexity index is 1310. The summed E-state index contributed by atoms with van der Waals surface area (Å²) in [6.07, 6.45) is 1.73. The summed E-state index contributed by atoms with van der Waals surface area (Å²) in [6, 6.07) is 7.10. The van der Waals surface area contributed by atoms with E-state index < -0.39 is 11.7 Å². The predicted octanol–water partition coefficient (Wildman–Crippen LogP) is 1.99. The van der Waals surface area contributed by atoms with Crippen molar-refractivity contribution < 1.29 is 18.4 Å². The highest BCUT2D eigenvalue weighted by Crippen LogP contribution is 2.21. The number of para-hydroxylation sites is 2. The molecule has 9 heteroatoms. The summed E-state index contributed by atoms with van der Waals surface area (Å²) in [5.41, 5.74) is 0.988. The number of carbonyl (C=O) groups excluding carboxylic acids is 1. The van der Waals surface area contributed by atoms with Crippen molar-refractivity contribution in [2.24, 2.45) is 7.05 Å². The van der Waals surface area contributed by atoms with Crippen LogP contribution in [0.5, 0.6) is 0 Å². The molecule has 0 aliphatic carbocycles. The lowest BCUT2D eigenvalue weighted by atomic mass is 10.2. The highest BCUT2D eigenvalue weighted by molar-refractivity contribution is 6.03. The van der Waals surface area contributed by atoms with Crippen molar-refractivity contribution in [3.63, 3.8) is 0 Å². The summed E-state index contributed by atoms with van der Waals surface area (Å²) in [5, 5.41) is 0.101. The number of hydrogen-bond acceptors (Lipinski definition) is 7. The number of aromatic nitrogens is 3. The molecule has 0 unspecified atom stereocenters. The van der Waals surface area contributed by atoms with Gasteiger partial charge in [0, 0.05) is 13.6 Å². The van der Waals surface area contributed by atoms with Gasteiger partial charge in [0.05, 0.1) is 12.1 Å². The summed E-state index contributed by atoms with van der Waals surface area (Å²) >= 11 is 0. The van der Waals surface area contributed by atoms with Crippen molar-refractivity contribution in [2.75, 3.05) is 6.61 Å². The Morgan fingerprint density at radius 2 is 2.00 bits per heavy atom. The minimum absolute atomic E-state index is 0.0669. The molecule has 0 aliphatic heterocycles. The molecule has 0 saturated heterocycles. The van der Waals surface area contributed by atoms with Gasteiger partial charge in [-0.3, -0.25) is 9.36 Å². The Morgan fingerprint density at radius 3 is 2.82 bits per heavy atom. The van der Waals surface area contributed by atoms with Crippen LogP contribution in [0.2, 0.25) is 0 Å². The van der Waals surface area contributed by atoms with Gasteiger partial charge in [-0.2, -0.15) is 0 Å². The minimum atomic E-state index is -0.661. The molecule has 0 aliphatic rings. The van der Waals surface area contributed by atoms with Gasteiger partial charge in [-0.15, -0.1) is 0 Å². The lowest BCUT2D eigenvalue weighted by Gasteiger charge is -2.05. The number of oxazole rings is 1. The van der Waals surface area contributed by atoms with E-state index in [9.17, 15) is 14.4 Å². The van der Waals surface area contributed by atoms with Crippen LogP contribution in [0.1, 0.15) is 22.5 Å². The Hall–Kier alpha value is -3.62. The van der Waals surface area contributed by atoms with Crippen LogP contribution in [0.4, 0.5) is 0 Å². The second-order valence-corrected chi connectivity index (χ2v) is 6.35. The number of nitrogens with zero attached hydrogens (tertiary/aromatic N) is 3. The molecule has 0 N–H and O–H groups in total. The second kappa shape index (κ2) is 6.84. The first kappa shape index (κ1) is 17.8. The molecule has 3 heterocycles. The topological polar surface area (TPSA) is 109 Å². The largest absolute Gasteiger partial charge is 0.462 e. The standard InChI is InChI=1S/C19H17N3O6/c1-11-14(15-16(27-11)20-10-21(2)17(15)23)18(24)26-9-5-8-22-12-6-3-4-7-13(12)28-19(22)25/h3-4,6-7,10H,5,8-9H2,1-2H3. The first-order valence-electron chi connectivity index (χ1n) is 8.67. The molecule has 0 atom stereocenters. The molecular formula is C19H17N3O6. The van der Waals surface area contributed by atoms with E-state index in [0.717, 1.165) is 0 Å². The van der Waals surface area contributed by atoms with E-state index in [1.54, 1.807) is 32.2 Å². The van der Waals surface area contributed by atoms with Crippen LogP contribution in [-0.2, 0) is 18.3 Å². The van der Waals surface area contributed by atoms with E-state index in [-0.39, 0.29) is 34.6 Å². The summed E-state index contributed by atoms with van der Waals surface area (Å²) in [6.45, 7) is 1.98. The molecule has 0 spiro atoms. The lowest BCUT2D eigenvalue weighted by Crippen LogP contribution is -2.19. The summed E-state index contributed by atoms with van der Waals surface area (Å²) < 4.78 is 18.6. The quantitative estimate of drug-likeness (QED) is 0.383. The number of esters is 1. The Balaban J connectivity index is 1.48. The third-order valence-corrected chi connectivity index (χ3v) is 4.49. The van der Waals surface area contributed by atoms with Gasteiger partial charge < -0.3 is 18.1 Å². The van der Waals surface area contributed by atoms with E-state index in [0.29, 0.717) is 24.1 Å². The molecule has 3 aromatic heterocycles. The smallest absolute Gasteiger partial charge is 0.419 e. The van der Waals surface area contributed by atoms with Gasteiger partial charge in [-0.05, 0) is 25.5 Å². The van der Waals surface area contributed by atoms with Gasteiger partial charge in [0.25, 0.3) is 5.56 Å². The normalized spacial score (nSPS) is 11.4. The van der Waals surface area contributed by atoms with Gasteiger partial charge >= 0.3 is 11.7 Å². The van der Waals surface area contributed by atoms with Crippen molar-refractivity contribution in [3.8, 4) is 0 Å². The summed E-state index contributed by atoms with van der Waals surface area (Å²) in [5.74, 6) is -0.850. The highest BCUT2D eigenvalue weighted by Gasteiger charge is 2.23. The lowest BCUT2D eigenvalue weighted by molar-refractivity contribution is 0.0496. The number of rotatable bonds is 5. The van der Waals surface area contributed by atoms with Crippen LogP contribution in [0, 0.1) is 6.92 Å². The SMILES string of the molecule is Cc1oc2ncn(C)c(=O)c2c1C(=O)OCCCn1c(=O)oc2ccccc21. The van der Waals surface area contributed by atoms with Gasteiger partial charge in [0.2, 0.25) is 5.71 Å². The van der Waals surface area contributed by atoms with Gasteiger partial charge in [0.1, 0.15) is 23.0 Å². The van der Waals surface area contributed by atoms with Crippen LogP contribution in [0.3, 0.4) is 0 Å². The maximum Gasteiger partial charge on any atom is 0.419 e. The van der Waals surface area contributed by atoms with Crippen LogP contribution in [0.15, 0.2) is 49.0 Å². The number of hydrogen-bond donors (Lipinski definition) is 0. The molecule has 4 aromatic rings. The number of aryl methyl sites for hydroxylation is 3. The average Bonchev–Trinajstić information content (AvgIpc) is 3.18. The Kier molecular flexibility index (Phi) is 4.34. The molecule has 9 nitrogen and oxygen atoms in total. The molecule has 144 valence electrons. The van der Waals surface area contributed by atoms with E-state index in [4.69, 9.17) is 13.6 Å². The Labute approximate surface area is 157 Å². The monoisotopic (exact) mass is 383 g/mol. The van der Waals surface area contributed by atoms with Gasteiger partial charge in [0.15, 0.2) is 5.58 Å². The summed E-state index contributed by atoms with van der Waals surface area (Å²) in [4.78, 5) is 40.8. The van der Waals surface area contributed by atoms with E-state index in [2.05, 4.69) is 4.98 Å². The third-order valence-electron chi connectivity index (χ3n) is 4.49. The van der Waals surface area contributed by atoms with E-state index in [1.807, 2.05) is 6.07 Å². The third kappa shape index (κ3) is 2.90. The van der Waals surface area contributed by atoms with Crippen LogP contribution in [-0.4, -0.2) is 26.7 Å². The highest BCUT2D eigenvalue weighted by atomic mass is 16.5. The molecular weight excluding hydrogens is 366 g/mol. The molecule has 4 rings (SSSR count). The number of carbonyl (C=O) groups is 1. The van der Waals surface area contributed by atoms with Crippen molar-refractivity contribution in [3.05, 3.63) is 62.8 Å². The molecule has 28 heavy (non-hydrogen) atoms. The fourth-order valence-corrected chi connectivity index (χ4v) is 3.12. The zero-order valence-electron chi connectivity index (χ0n) is 15.3. The Morgan fingerprint density at radius 1 is 1.21 bits per heavy atom. The maximum atomic E-state index is 12.5. The average molecular weight is 383 g/mol. The molecule has 0 radical (unpaired) electrons. The molecule has 1 aromatic carbocycles. The van der Waals surface area contributed by atoms with Crippen LogP contribution in [0.25, 0.3) is 22.2 Å². The zero-order chi connectivity index (χ0) is 19.8. The zero-order valence-corrected chi connectivity index (χ0v) is 15.3. The molecule has 0 fully saturated rings. The van der Waals surface area contributed by atoms with Crippen molar-refractivity contribution in [1.29, 1.82) is 0 Å². The number of benzene rings is 1. The van der Waals surface area contributed by atoms with Crippen molar-refractivity contribution in [1.82, 2.24) is 14.1 Å². The van der Waals surface area contributed by atoms with E-state index >= 15 is 0 Å². The summed E-state index contributed by atoms with van der Waals surface area (Å²) in [7, 11) is 1.54. The predicted molar refractivity (Wildman–Crippen MR) is 99.4 cm³/mol. The van der Waals surface area contributed by atoms with Crippen molar-refractivity contribution >= 4 is 28.2 Å². The van der Waals surface area contributed by atoms with Crippen LogP contribution < -0.4 is 11.3 Å². The minimum Gasteiger partial charge on any atom is -0.462 e. The maximum absolute atomic E-state index is 12.5. The number of fused-ring (bicyclic) bond motifs is 2. The molecule has 0 bridgehead atoms. The second-order valence-electron chi connectivity index (χ2n) is 6.35. The van der Waals surface area contributed by atoms with Crippen LogP contribution >= 0.6 is 0 Å². The van der Waals surface area contributed by atoms with Gasteiger partial charge in [-0.25, -0.2) is 14.6 Å². The first-order valence-corrected chi connectivity index (χ1v) is 8.67. The van der Waals surface area contributed by atoms with Crippen molar-refractivity contribution in [2.45, 2.75) is 19.9 Å².